The standard InChI is InChI=1S/C18H19N3O3/c1-11(20-21-18(23)16-9-10-24-12(16)2)13-5-7-15(8-6-13)19-17(22)14-3-4-14/h5-10,14H,3-4H2,1-2H3,(H,19,22)(H,21,23)/b20-11+. The molecular weight excluding hydrogens is 306 g/mol. The molecule has 24 heavy (non-hydrogen) atoms. The quantitative estimate of drug-likeness (QED) is 0.654. The van der Waals surface area contributed by atoms with Gasteiger partial charge in [-0.05, 0) is 50.5 Å². The summed E-state index contributed by atoms with van der Waals surface area (Å²) in [6.45, 7) is 3.53. The Morgan fingerprint density at radius 2 is 1.88 bits per heavy atom. The van der Waals surface area contributed by atoms with Crippen LogP contribution < -0.4 is 10.7 Å². The van der Waals surface area contributed by atoms with Gasteiger partial charge in [0.05, 0.1) is 17.5 Å². The average molecular weight is 325 g/mol. The van der Waals surface area contributed by atoms with E-state index in [1.165, 1.54) is 6.26 Å². The van der Waals surface area contributed by atoms with Crippen LogP contribution in [0.2, 0.25) is 0 Å². The summed E-state index contributed by atoms with van der Waals surface area (Å²) in [4.78, 5) is 23.7. The van der Waals surface area contributed by atoms with Crippen LogP contribution in [-0.2, 0) is 4.79 Å². The molecule has 6 nitrogen and oxygen atoms in total. The molecule has 6 heteroatoms. The number of amides is 2. The van der Waals surface area contributed by atoms with Crippen molar-refractivity contribution in [2.24, 2.45) is 11.0 Å². The Morgan fingerprint density at radius 3 is 2.46 bits per heavy atom. The molecule has 1 aromatic carbocycles. The molecule has 124 valence electrons. The molecule has 0 spiro atoms. The van der Waals surface area contributed by atoms with Crippen LogP contribution in [0.1, 0.15) is 41.4 Å². The van der Waals surface area contributed by atoms with Crippen molar-refractivity contribution in [3.05, 3.63) is 53.5 Å². The average Bonchev–Trinajstić information content (AvgIpc) is 3.35. The normalized spacial score (nSPS) is 14.3. The molecule has 1 aliphatic rings. The van der Waals surface area contributed by atoms with Crippen molar-refractivity contribution >= 4 is 23.2 Å². The molecule has 1 fully saturated rings. The summed E-state index contributed by atoms with van der Waals surface area (Å²) < 4.78 is 5.10. The summed E-state index contributed by atoms with van der Waals surface area (Å²) >= 11 is 0. The second kappa shape index (κ2) is 6.70. The van der Waals surface area contributed by atoms with E-state index in [9.17, 15) is 9.59 Å². The van der Waals surface area contributed by atoms with Crippen LogP contribution in [-0.4, -0.2) is 17.5 Å². The fourth-order valence-electron chi connectivity index (χ4n) is 2.26. The zero-order valence-electron chi connectivity index (χ0n) is 13.6. The number of hydrazone groups is 1. The molecule has 2 N–H and O–H groups in total. The van der Waals surface area contributed by atoms with Crippen LogP contribution >= 0.6 is 0 Å². The van der Waals surface area contributed by atoms with Crippen molar-refractivity contribution in [3.63, 3.8) is 0 Å². The minimum absolute atomic E-state index is 0.0795. The number of aryl methyl sites for hydroxylation is 1. The number of nitrogens with zero attached hydrogens (tertiary/aromatic N) is 1. The van der Waals surface area contributed by atoms with E-state index < -0.39 is 0 Å². The molecule has 0 radical (unpaired) electrons. The lowest BCUT2D eigenvalue weighted by Crippen LogP contribution is -2.19. The molecule has 1 saturated carbocycles. The highest BCUT2D eigenvalue weighted by Crippen LogP contribution is 2.30. The number of anilines is 1. The first-order chi connectivity index (χ1) is 11.5. The lowest BCUT2D eigenvalue weighted by atomic mass is 10.1. The van der Waals surface area contributed by atoms with Gasteiger partial charge in [-0.1, -0.05) is 12.1 Å². The predicted octanol–water partition coefficient (Wildman–Crippen LogP) is 3.09. The summed E-state index contributed by atoms with van der Waals surface area (Å²) in [6.07, 6.45) is 3.42. The summed E-state index contributed by atoms with van der Waals surface area (Å²) in [7, 11) is 0. The van der Waals surface area contributed by atoms with Gasteiger partial charge in [-0.2, -0.15) is 5.10 Å². The monoisotopic (exact) mass is 325 g/mol. The molecule has 2 aromatic rings. The number of carbonyl (C=O) groups is 2. The highest BCUT2D eigenvalue weighted by Gasteiger charge is 2.29. The fraction of sp³-hybridized carbons (Fsp3) is 0.278. The lowest BCUT2D eigenvalue weighted by Gasteiger charge is -2.06. The van der Waals surface area contributed by atoms with E-state index in [0.717, 1.165) is 24.1 Å². The van der Waals surface area contributed by atoms with Gasteiger partial charge in [0.15, 0.2) is 0 Å². The van der Waals surface area contributed by atoms with Gasteiger partial charge in [0.25, 0.3) is 5.91 Å². The Kier molecular flexibility index (Phi) is 4.46. The lowest BCUT2D eigenvalue weighted by molar-refractivity contribution is -0.117. The third kappa shape index (κ3) is 3.71. The minimum atomic E-state index is -0.311. The maximum absolute atomic E-state index is 12.0. The van der Waals surface area contributed by atoms with Gasteiger partial charge in [0.2, 0.25) is 5.91 Å². The molecule has 0 atom stereocenters. The molecule has 0 unspecified atom stereocenters. The van der Waals surface area contributed by atoms with Crippen LogP contribution in [0.5, 0.6) is 0 Å². The van der Waals surface area contributed by atoms with Crippen molar-refractivity contribution in [2.75, 3.05) is 5.32 Å². The van der Waals surface area contributed by atoms with Crippen molar-refractivity contribution in [3.8, 4) is 0 Å². The van der Waals surface area contributed by atoms with Crippen molar-refractivity contribution in [1.29, 1.82) is 0 Å². The van der Waals surface area contributed by atoms with Crippen LogP contribution in [0.3, 0.4) is 0 Å². The van der Waals surface area contributed by atoms with Crippen LogP contribution in [0.4, 0.5) is 5.69 Å². The molecule has 2 amide bonds. The smallest absolute Gasteiger partial charge is 0.274 e. The third-order valence-electron chi connectivity index (χ3n) is 3.95. The molecule has 1 aliphatic carbocycles. The minimum Gasteiger partial charge on any atom is -0.469 e. The molecule has 0 aliphatic heterocycles. The first kappa shape index (κ1) is 16.0. The van der Waals surface area contributed by atoms with E-state index in [2.05, 4.69) is 15.8 Å². The van der Waals surface area contributed by atoms with Gasteiger partial charge in [-0.3, -0.25) is 9.59 Å². The van der Waals surface area contributed by atoms with E-state index in [1.54, 1.807) is 19.9 Å². The van der Waals surface area contributed by atoms with Crippen molar-refractivity contribution < 1.29 is 14.0 Å². The molecular formula is C18H19N3O3. The molecule has 0 saturated heterocycles. The van der Waals surface area contributed by atoms with E-state index in [4.69, 9.17) is 4.42 Å². The highest BCUT2D eigenvalue weighted by molar-refractivity contribution is 6.01. The number of hydrogen-bond donors (Lipinski definition) is 2. The number of nitrogens with one attached hydrogen (secondary N) is 2. The third-order valence-corrected chi connectivity index (χ3v) is 3.95. The topological polar surface area (TPSA) is 83.7 Å². The molecule has 0 bridgehead atoms. The van der Waals surface area contributed by atoms with Gasteiger partial charge in [-0.15, -0.1) is 0 Å². The largest absolute Gasteiger partial charge is 0.469 e. The van der Waals surface area contributed by atoms with Crippen LogP contribution in [0.15, 0.2) is 46.1 Å². The molecule has 1 aromatic heterocycles. The Labute approximate surface area is 139 Å². The van der Waals surface area contributed by atoms with E-state index in [0.29, 0.717) is 17.0 Å². The number of carbonyl (C=O) groups excluding carboxylic acids is 2. The van der Waals surface area contributed by atoms with Gasteiger partial charge in [0, 0.05) is 11.6 Å². The van der Waals surface area contributed by atoms with E-state index in [1.807, 2.05) is 24.3 Å². The molecule has 1 heterocycles. The first-order valence-electron chi connectivity index (χ1n) is 7.84. The predicted molar refractivity (Wildman–Crippen MR) is 90.9 cm³/mol. The van der Waals surface area contributed by atoms with E-state index >= 15 is 0 Å². The van der Waals surface area contributed by atoms with Crippen molar-refractivity contribution in [2.45, 2.75) is 26.7 Å². The zero-order chi connectivity index (χ0) is 17.1. The second-order valence-electron chi connectivity index (χ2n) is 5.87. The van der Waals surface area contributed by atoms with Gasteiger partial charge in [0.1, 0.15) is 5.76 Å². The van der Waals surface area contributed by atoms with Gasteiger partial charge in [-0.25, -0.2) is 5.43 Å². The number of benzene rings is 1. The zero-order valence-corrected chi connectivity index (χ0v) is 13.6. The summed E-state index contributed by atoms with van der Waals surface area (Å²) in [5.41, 5.74) is 5.28. The summed E-state index contributed by atoms with van der Waals surface area (Å²) in [5, 5.41) is 6.99. The Bertz CT molecular complexity index is 786. The Hall–Kier alpha value is -2.89. The highest BCUT2D eigenvalue weighted by atomic mass is 16.3. The van der Waals surface area contributed by atoms with Crippen LogP contribution in [0.25, 0.3) is 0 Å². The number of rotatable bonds is 5. The Balaban J connectivity index is 1.61. The maximum Gasteiger partial charge on any atom is 0.274 e. The van der Waals surface area contributed by atoms with Crippen molar-refractivity contribution in [1.82, 2.24) is 5.43 Å². The second-order valence-corrected chi connectivity index (χ2v) is 5.87. The first-order valence-corrected chi connectivity index (χ1v) is 7.84. The Morgan fingerprint density at radius 1 is 1.17 bits per heavy atom. The maximum atomic E-state index is 12.0. The van der Waals surface area contributed by atoms with Gasteiger partial charge < -0.3 is 9.73 Å². The van der Waals surface area contributed by atoms with Crippen LogP contribution in [0, 0.1) is 12.8 Å². The van der Waals surface area contributed by atoms with Gasteiger partial charge >= 0.3 is 0 Å². The number of furan rings is 1. The van der Waals surface area contributed by atoms with E-state index in [-0.39, 0.29) is 17.7 Å². The summed E-state index contributed by atoms with van der Waals surface area (Å²) in [5.74, 6) is 0.496. The number of hydrogen-bond acceptors (Lipinski definition) is 4. The SMILES string of the molecule is C/C(=N\NC(=O)c1ccoc1C)c1ccc(NC(=O)C2CC2)cc1. The fourth-order valence-corrected chi connectivity index (χ4v) is 2.26. The summed E-state index contributed by atoms with van der Waals surface area (Å²) in [6, 6.07) is 8.98. The molecule has 3 rings (SSSR count).